The van der Waals surface area contributed by atoms with E-state index >= 15 is 0 Å². The number of amides is 2. The van der Waals surface area contributed by atoms with Gasteiger partial charge in [0.05, 0.1) is 20.8 Å². The fourth-order valence-corrected chi connectivity index (χ4v) is 3.75. The Kier molecular flexibility index (Phi) is 7.09. The van der Waals surface area contributed by atoms with E-state index in [9.17, 15) is 4.79 Å². The van der Waals surface area contributed by atoms with E-state index in [1.54, 1.807) is 20.3 Å². The second-order valence-corrected chi connectivity index (χ2v) is 7.86. The third-order valence-electron chi connectivity index (χ3n) is 5.68. The Labute approximate surface area is 193 Å². The van der Waals surface area contributed by atoms with Crippen molar-refractivity contribution in [2.24, 2.45) is 0 Å². The second-order valence-electron chi connectivity index (χ2n) is 7.86. The number of carbonyl (C=O) groups is 1. The van der Waals surface area contributed by atoms with Crippen molar-refractivity contribution in [3.63, 3.8) is 0 Å². The predicted octanol–water partition coefficient (Wildman–Crippen LogP) is 3.67. The fourth-order valence-electron chi connectivity index (χ4n) is 3.75. The van der Waals surface area contributed by atoms with Crippen LogP contribution in [0.2, 0.25) is 0 Å². The maximum atomic E-state index is 12.6. The van der Waals surface area contributed by atoms with Gasteiger partial charge in [-0.15, -0.1) is 0 Å². The summed E-state index contributed by atoms with van der Waals surface area (Å²) < 4.78 is 16.1. The maximum absolute atomic E-state index is 12.6. The monoisotopic (exact) mass is 451 g/mol. The molecule has 0 radical (unpaired) electrons. The van der Waals surface area contributed by atoms with Crippen LogP contribution >= 0.6 is 0 Å². The molecule has 2 amide bonds. The molecule has 9 heteroatoms. The molecule has 1 N–H and O–H groups in total. The zero-order chi connectivity index (χ0) is 23.2. The summed E-state index contributed by atoms with van der Waals surface area (Å²) in [5.74, 6) is 2.32. The Hall–Kier alpha value is -3.59. The summed E-state index contributed by atoms with van der Waals surface area (Å²) in [5.41, 5.74) is 2.76. The van der Waals surface area contributed by atoms with Crippen LogP contribution in [0.5, 0.6) is 11.5 Å². The molecule has 0 saturated carbocycles. The minimum absolute atomic E-state index is 0.0725. The van der Waals surface area contributed by atoms with Gasteiger partial charge in [0, 0.05) is 43.5 Å². The van der Waals surface area contributed by atoms with Gasteiger partial charge in [0.1, 0.15) is 11.5 Å². The molecule has 1 aromatic heterocycles. The van der Waals surface area contributed by atoms with Gasteiger partial charge in [0.25, 0.3) is 5.89 Å². The van der Waals surface area contributed by atoms with E-state index in [2.05, 4.69) is 33.3 Å². The number of carbonyl (C=O) groups excluding carboxylic acids is 1. The van der Waals surface area contributed by atoms with E-state index in [-0.39, 0.29) is 6.03 Å². The Morgan fingerprint density at radius 2 is 1.79 bits per heavy atom. The highest BCUT2D eigenvalue weighted by Crippen LogP contribution is 2.29. The van der Waals surface area contributed by atoms with Gasteiger partial charge in [-0.05, 0) is 36.2 Å². The lowest BCUT2D eigenvalue weighted by atomic mass is 10.1. The highest BCUT2D eigenvalue weighted by molar-refractivity contribution is 5.89. The van der Waals surface area contributed by atoms with Crippen molar-refractivity contribution < 1.29 is 18.8 Å². The number of methoxy groups -OCH3 is 2. The molecule has 33 heavy (non-hydrogen) atoms. The summed E-state index contributed by atoms with van der Waals surface area (Å²) in [6.07, 6.45) is 0.936. The number of nitrogens with zero attached hydrogens (tertiary/aromatic N) is 4. The largest absolute Gasteiger partial charge is 0.497 e. The molecule has 1 saturated heterocycles. The van der Waals surface area contributed by atoms with Gasteiger partial charge in [-0.2, -0.15) is 4.98 Å². The van der Waals surface area contributed by atoms with Crippen molar-refractivity contribution in [3.05, 3.63) is 53.9 Å². The van der Waals surface area contributed by atoms with E-state index in [0.29, 0.717) is 42.8 Å². The molecule has 0 atom stereocenters. The van der Waals surface area contributed by atoms with Crippen LogP contribution in [-0.4, -0.2) is 66.4 Å². The molecule has 1 aliphatic rings. The number of benzene rings is 2. The molecule has 1 fully saturated rings. The molecule has 0 unspecified atom stereocenters. The van der Waals surface area contributed by atoms with Crippen LogP contribution in [0.1, 0.15) is 18.3 Å². The summed E-state index contributed by atoms with van der Waals surface area (Å²) in [7, 11) is 3.19. The number of nitrogens with one attached hydrogen (secondary N) is 1. The lowest BCUT2D eigenvalue weighted by Gasteiger charge is -2.34. The third kappa shape index (κ3) is 5.61. The molecule has 2 aromatic carbocycles. The zero-order valence-corrected chi connectivity index (χ0v) is 19.2. The molecule has 2 heterocycles. The summed E-state index contributed by atoms with van der Waals surface area (Å²) in [5, 5.41) is 7.12. The average molecular weight is 452 g/mol. The molecule has 174 valence electrons. The first-order chi connectivity index (χ1) is 16.1. The Bertz CT molecular complexity index is 1070. The lowest BCUT2D eigenvalue weighted by molar-refractivity contribution is 0.140. The number of rotatable bonds is 7. The number of urea groups is 1. The second kappa shape index (κ2) is 10.4. The minimum atomic E-state index is -0.0725. The smallest absolute Gasteiger partial charge is 0.321 e. The van der Waals surface area contributed by atoms with Crippen LogP contribution in [0, 0.1) is 0 Å². The van der Waals surface area contributed by atoms with Crippen molar-refractivity contribution in [2.75, 3.05) is 45.7 Å². The summed E-state index contributed by atoms with van der Waals surface area (Å²) in [4.78, 5) is 21.2. The first-order valence-corrected chi connectivity index (χ1v) is 11.0. The predicted molar refractivity (Wildman–Crippen MR) is 125 cm³/mol. The quantitative estimate of drug-likeness (QED) is 0.586. The number of piperazine rings is 1. The van der Waals surface area contributed by atoms with Gasteiger partial charge in [-0.3, -0.25) is 4.90 Å². The van der Waals surface area contributed by atoms with Crippen molar-refractivity contribution >= 4 is 11.7 Å². The van der Waals surface area contributed by atoms with Crippen LogP contribution in [0.25, 0.3) is 11.5 Å². The SMILES string of the molecule is CCc1cccc(NC(=O)N2CCN(Cc3noc(-c4cc(OC)cc(OC)c4)n3)CC2)c1. The molecular formula is C24H29N5O4. The molecular weight excluding hydrogens is 422 g/mol. The van der Waals surface area contributed by atoms with Gasteiger partial charge in [0.15, 0.2) is 5.82 Å². The number of aryl methyl sites for hydroxylation is 1. The van der Waals surface area contributed by atoms with E-state index in [1.165, 1.54) is 5.56 Å². The maximum Gasteiger partial charge on any atom is 0.321 e. The standard InChI is InChI=1S/C24H29N5O4/c1-4-17-6-5-7-19(12-17)25-24(30)29-10-8-28(9-11-29)16-22-26-23(33-27-22)18-13-20(31-2)15-21(14-18)32-3/h5-7,12-15H,4,8-11,16H2,1-3H3,(H,25,30). The average Bonchev–Trinajstić information content (AvgIpc) is 3.32. The molecule has 0 bridgehead atoms. The Morgan fingerprint density at radius 3 is 2.45 bits per heavy atom. The van der Waals surface area contributed by atoms with Crippen LogP contribution < -0.4 is 14.8 Å². The zero-order valence-electron chi connectivity index (χ0n) is 19.2. The van der Waals surface area contributed by atoms with Crippen molar-refractivity contribution in [1.82, 2.24) is 19.9 Å². The minimum Gasteiger partial charge on any atom is -0.497 e. The van der Waals surface area contributed by atoms with E-state index in [0.717, 1.165) is 30.8 Å². The van der Waals surface area contributed by atoms with Crippen molar-refractivity contribution in [3.8, 4) is 23.0 Å². The first kappa shape index (κ1) is 22.6. The highest BCUT2D eigenvalue weighted by atomic mass is 16.5. The van der Waals surface area contributed by atoms with Gasteiger partial charge in [-0.1, -0.05) is 24.2 Å². The molecule has 3 aromatic rings. The fraction of sp³-hybridized carbons (Fsp3) is 0.375. The number of ether oxygens (including phenoxy) is 2. The van der Waals surface area contributed by atoms with Crippen LogP contribution in [0.4, 0.5) is 10.5 Å². The first-order valence-electron chi connectivity index (χ1n) is 11.0. The van der Waals surface area contributed by atoms with E-state index in [4.69, 9.17) is 14.0 Å². The van der Waals surface area contributed by atoms with Gasteiger partial charge < -0.3 is 24.2 Å². The van der Waals surface area contributed by atoms with Crippen LogP contribution in [-0.2, 0) is 13.0 Å². The summed E-state index contributed by atoms with van der Waals surface area (Å²) >= 11 is 0. The van der Waals surface area contributed by atoms with E-state index in [1.807, 2.05) is 35.2 Å². The van der Waals surface area contributed by atoms with Crippen molar-refractivity contribution in [1.29, 1.82) is 0 Å². The van der Waals surface area contributed by atoms with Gasteiger partial charge in [-0.25, -0.2) is 4.79 Å². The molecule has 0 aliphatic carbocycles. The molecule has 9 nitrogen and oxygen atoms in total. The number of anilines is 1. The van der Waals surface area contributed by atoms with E-state index < -0.39 is 0 Å². The number of aromatic nitrogens is 2. The topological polar surface area (TPSA) is 93.0 Å². The normalized spacial score (nSPS) is 14.2. The van der Waals surface area contributed by atoms with Crippen LogP contribution in [0.15, 0.2) is 47.0 Å². The molecule has 0 spiro atoms. The molecule has 4 rings (SSSR count). The third-order valence-corrected chi connectivity index (χ3v) is 5.68. The van der Waals surface area contributed by atoms with Gasteiger partial charge >= 0.3 is 6.03 Å². The van der Waals surface area contributed by atoms with Crippen molar-refractivity contribution in [2.45, 2.75) is 19.9 Å². The summed E-state index contributed by atoms with van der Waals surface area (Å²) in [6, 6.07) is 13.3. The highest BCUT2D eigenvalue weighted by Gasteiger charge is 2.23. The summed E-state index contributed by atoms with van der Waals surface area (Å²) in [6.45, 7) is 5.39. The van der Waals surface area contributed by atoms with Gasteiger partial charge in [0.2, 0.25) is 0 Å². The number of hydrogen-bond donors (Lipinski definition) is 1. The molecule has 1 aliphatic heterocycles. The van der Waals surface area contributed by atoms with Crippen LogP contribution in [0.3, 0.4) is 0 Å². The Balaban J connectivity index is 1.31. The lowest BCUT2D eigenvalue weighted by Crippen LogP contribution is -2.49. The number of hydrogen-bond acceptors (Lipinski definition) is 7. The Morgan fingerprint density at radius 1 is 1.06 bits per heavy atom.